The maximum Gasteiger partial charge on any atom is 0.175 e. The molecule has 0 bridgehead atoms. The minimum atomic E-state index is 0. The first-order valence-corrected chi connectivity index (χ1v) is 11.8. The van der Waals surface area contributed by atoms with Gasteiger partial charge in [-0.1, -0.05) is 47.5 Å². The molecule has 0 atom stereocenters. The largest absolute Gasteiger partial charge is 0.493 e. The van der Waals surface area contributed by atoms with Crippen LogP contribution in [0.3, 0.4) is 0 Å². The van der Waals surface area contributed by atoms with Crippen molar-refractivity contribution < 1.29 is 9.47 Å². The Morgan fingerprint density at radius 2 is 1.82 bits per heavy atom. The van der Waals surface area contributed by atoms with Crippen LogP contribution in [-0.2, 0) is 19.6 Å². The molecule has 1 aromatic heterocycles. The van der Waals surface area contributed by atoms with Crippen LogP contribution in [0.2, 0.25) is 10.0 Å². The second kappa shape index (κ2) is 12.0. The van der Waals surface area contributed by atoms with Gasteiger partial charge in [-0.15, -0.1) is 12.4 Å². The lowest BCUT2D eigenvalue weighted by atomic mass is 10.1. The van der Waals surface area contributed by atoms with Gasteiger partial charge in [-0.25, -0.2) is 0 Å². The first-order chi connectivity index (χ1) is 15.5. The molecule has 4 rings (SSSR count). The summed E-state index contributed by atoms with van der Waals surface area (Å²) in [5.74, 6) is 1.33. The zero-order chi connectivity index (χ0) is 22.5. The molecule has 4 aromatic rings. The van der Waals surface area contributed by atoms with E-state index in [1.54, 1.807) is 19.2 Å². The summed E-state index contributed by atoms with van der Waals surface area (Å²) in [5, 5.41) is 5.82. The number of nitrogens with one attached hydrogen (secondary N) is 2. The Bertz CT molecular complexity index is 1230. The summed E-state index contributed by atoms with van der Waals surface area (Å²) in [4.78, 5) is 3.33. The Kier molecular flexibility index (Phi) is 9.36. The average Bonchev–Trinajstić information content (AvgIpc) is 3.21. The van der Waals surface area contributed by atoms with Crippen LogP contribution < -0.4 is 14.8 Å². The van der Waals surface area contributed by atoms with Crippen LogP contribution in [-0.4, -0.2) is 18.6 Å². The summed E-state index contributed by atoms with van der Waals surface area (Å²) in [6.07, 6.45) is 3.04. The van der Waals surface area contributed by atoms with Gasteiger partial charge in [-0.05, 0) is 75.9 Å². The average molecular weight is 571 g/mol. The topological polar surface area (TPSA) is 46.3 Å². The highest BCUT2D eigenvalue weighted by Crippen LogP contribution is 2.37. The number of hydrogen-bond acceptors (Lipinski definition) is 3. The van der Waals surface area contributed by atoms with Crippen molar-refractivity contribution in [1.82, 2.24) is 10.3 Å². The lowest BCUT2D eigenvalue weighted by Crippen LogP contribution is -2.16. The van der Waals surface area contributed by atoms with E-state index in [0.717, 1.165) is 35.1 Å². The van der Waals surface area contributed by atoms with Crippen LogP contribution in [0.25, 0.3) is 10.9 Å². The number of aromatic nitrogens is 1. The quantitative estimate of drug-likeness (QED) is 0.204. The fourth-order valence-corrected chi connectivity index (χ4v) is 4.52. The Balaban J connectivity index is 0.00000306. The molecular formula is C25H24BrCl3N2O2. The number of halogens is 4. The molecule has 2 N–H and O–H groups in total. The third kappa shape index (κ3) is 6.37. The van der Waals surface area contributed by atoms with Gasteiger partial charge in [-0.2, -0.15) is 0 Å². The smallest absolute Gasteiger partial charge is 0.175 e. The van der Waals surface area contributed by atoms with Crippen LogP contribution in [0.5, 0.6) is 11.5 Å². The van der Waals surface area contributed by atoms with Crippen molar-refractivity contribution in [1.29, 1.82) is 0 Å². The number of para-hydroxylation sites is 1. The normalized spacial score (nSPS) is 10.8. The molecule has 0 unspecified atom stereocenters. The predicted octanol–water partition coefficient (Wildman–Crippen LogP) is 7.58. The van der Waals surface area contributed by atoms with Crippen molar-refractivity contribution in [3.63, 3.8) is 0 Å². The van der Waals surface area contributed by atoms with Crippen LogP contribution in [0, 0.1) is 0 Å². The van der Waals surface area contributed by atoms with Gasteiger partial charge >= 0.3 is 0 Å². The number of benzene rings is 3. The molecule has 0 amide bonds. The van der Waals surface area contributed by atoms with Crippen molar-refractivity contribution in [2.24, 2.45) is 0 Å². The van der Waals surface area contributed by atoms with Gasteiger partial charge in [0, 0.05) is 23.6 Å². The van der Waals surface area contributed by atoms with E-state index in [2.05, 4.69) is 50.6 Å². The van der Waals surface area contributed by atoms with E-state index < -0.39 is 0 Å². The van der Waals surface area contributed by atoms with E-state index in [0.29, 0.717) is 28.2 Å². The number of rotatable bonds is 9. The Morgan fingerprint density at radius 1 is 1.00 bits per heavy atom. The standard InChI is InChI=1S/C25H23BrCl2N2O2.ClH/c1-31-24-12-17(13-29-9-8-18-14-30-23-5-3-2-4-19(18)23)10-20(26)25(24)32-15-16-6-7-21(27)22(28)11-16;/h2-7,10-12,14,29-30H,8-9,13,15H2,1H3;1H. The van der Waals surface area contributed by atoms with Crippen molar-refractivity contribution >= 4 is 62.4 Å². The zero-order valence-corrected chi connectivity index (χ0v) is 21.9. The predicted molar refractivity (Wildman–Crippen MR) is 142 cm³/mol. The molecule has 0 aliphatic carbocycles. The van der Waals surface area contributed by atoms with Gasteiger partial charge in [0.2, 0.25) is 0 Å². The van der Waals surface area contributed by atoms with Gasteiger partial charge in [0.25, 0.3) is 0 Å². The van der Waals surface area contributed by atoms with Crippen LogP contribution in [0.4, 0.5) is 0 Å². The minimum absolute atomic E-state index is 0. The molecule has 0 aliphatic heterocycles. The molecular weight excluding hydrogens is 547 g/mol. The first-order valence-electron chi connectivity index (χ1n) is 10.2. The molecule has 0 saturated heterocycles. The van der Waals surface area contributed by atoms with Crippen molar-refractivity contribution in [2.45, 2.75) is 19.6 Å². The molecule has 4 nitrogen and oxygen atoms in total. The highest BCUT2D eigenvalue weighted by molar-refractivity contribution is 9.10. The molecule has 33 heavy (non-hydrogen) atoms. The summed E-state index contributed by atoms with van der Waals surface area (Å²) in [6, 6.07) is 17.9. The third-order valence-electron chi connectivity index (χ3n) is 5.23. The van der Waals surface area contributed by atoms with E-state index in [1.807, 2.05) is 24.3 Å². The molecule has 0 saturated carbocycles. The number of fused-ring (bicyclic) bond motifs is 1. The summed E-state index contributed by atoms with van der Waals surface area (Å²) >= 11 is 15.7. The molecule has 0 aliphatic rings. The molecule has 0 fully saturated rings. The van der Waals surface area contributed by atoms with Gasteiger partial charge in [-0.3, -0.25) is 0 Å². The van der Waals surface area contributed by atoms with E-state index in [1.165, 1.54) is 16.5 Å². The highest BCUT2D eigenvalue weighted by Gasteiger charge is 2.13. The lowest BCUT2D eigenvalue weighted by molar-refractivity contribution is 0.282. The van der Waals surface area contributed by atoms with Crippen molar-refractivity contribution in [3.05, 3.63) is 92.0 Å². The molecule has 0 spiro atoms. The summed E-state index contributed by atoms with van der Waals surface area (Å²) in [5.41, 5.74) is 4.52. The second-order valence-electron chi connectivity index (χ2n) is 7.43. The maximum atomic E-state index is 6.10. The fraction of sp³-hybridized carbons (Fsp3) is 0.200. The lowest BCUT2D eigenvalue weighted by Gasteiger charge is -2.15. The van der Waals surface area contributed by atoms with E-state index >= 15 is 0 Å². The van der Waals surface area contributed by atoms with E-state index in [4.69, 9.17) is 32.7 Å². The van der Waals surface area contributed by atoms with Crippen LogP contribution in [0.1, 0.15) is 16.7 Å². The molecule has 174 valence electrons. The number of aromatic amines is 1. The number of hydrogen-bond donors (Lipinski definition) is 2. The third-order valence-corrected chi connectivity index (χ3v) is 6.56. The van der Waals surface area contributed by atoms with Crippen LogP contribution >= 0.6 is 51.5 Å². The summed E-state index contributed by atoms with van der Waals surface area (Å²) in [6.45, 7) is 1.95. The van der Waals surface area contributed by atoms with Gasteiger partial charge in [0.1, 0.15) is 6.61 Å². The van der Waals surface area contributed by atoms with Crippen LogP contribution in [0.15, 0.2) is 65.3 Å². The molecule has 0 radical (unpaired) electrons. The Morgan fingerprint density at radius 3 is 2.61 bits per heavy atom. The fourth-order valence-electron chi connectivity index (χ4n) is 3.59. The second-order valence-corrected chi connectivity index (χ2v) is 9.10. The summed E-state index contributed by atoms with van der Waals surface area (Å²) < 4.78 is 12.4. The minimum Gasteiger partial charge on any atom is -0.493 e. The van der Waals surface area contributed by atoms with Gasteiger partial charge < -0.3 is 19.8 Å². The number of H-pyrrole nitrogens is 1. The molecule has 3 aromatic carbocycles. The SMILES string of the molecule is COc1cc(CNCCc2c[nH]c3ccccc23)cc(Br)c1OCc1ccc(Cl)c(Cl)c1.Cl. The maximum absolute atomic E-state index is 6.10. The molecule has 1 heterocycles. The molecule has 8 heteroatoms. The number of ether oxygens (including phenoxy) is 2. The van der Waals surface area contributed by atoms with Crippen molar-refractivity contribution in [2.75, 3.05) is 13.7 Å². The summed E-state index contributed by atoms with van der Waals surface area (Å²) in [7, 11) is 1.64. The Hall–Kier alpha value is -1.89. The van der Waals surface area contributed by atoms with Gasteiger partial charge in [0.05, 0.1) is 21.6 Å². The number of methoxy groups -OCH3 is 1. The zero-order valence-electron chi connectivity index (χ0n) is 18.0. The van der Waals surface area contributed by atoms with Gasteiger partial charge in [0.15, 0.2) is 11.5 Å². The highest BCUT2D eigenvalue weighted by atomic mass is 79.9. The Labute approximate surface area is 218 Å². The van der Waals surface area contributed by atoms with Crippen molar-refractivity contribution in [3.8, 4) is 11.5 Å². The van der Waals surface area contributed by atoms with E-state index in [-0.39, 0.29) is 12.4 Å². The van der Waals surface area contributed by atoms with E-state index in [9.17, 15) is 0 Å². The first kappa shape index (κ1) is 25.7. The monoisotopic (exact) mass is 568 g/mol.